The molecule has 0 bridgehead atoms. The summed E-state index contributed by atoms with van der Waals surface area (Å²) in [5.74, 6) is -1.19. The van der Waals surface area contributed by atoms with Crippen molar-refractivity contribution in [3.8, 4) is 0 Å². The number of aryl methyl sites for hydroxylation is 1. The average Bonchev–Trinajstić information content (AvgIpc) is 3.11. The molecule has 2 heterocycles. The Labute approximate surface area is 148 Å². The molecule has 3 rings (SSSR count). The van der Waals surface area contributed by atoms with Crippen LogP contribution in [0.2, 0.25) is 0 Å². The fourth-order valence-electron chi connectivity index (χ4n) is 3.86. The van der Waals surface area contributed by atoms with E-state index in [0.717, 1.165) is 38.9 Å². The summed E-state index contributed by atoms with van der Waals surface area (Å²) in [6.07, 6.45) is 5.56. The second kappa shape index (κ2) is 8.13. The van der Waals surface area contributed by atoms with E-state index >= 15 is 0 Å². The van der Waals surface area contributed by atoms with E-state index in [2.05, 4.69) is 10.2 Å². The standard InChI is InChI=1S/C19H27F2N3O/c1-14-7-8-17(20)16(18(14)21)12-22-19(25)24-11-3-2-6-15(24)13-23-9-4-5-10-23/h7-8,15H,2-6,9-13H2,1H3,(H,22,25)/t15-/m0/s1. The van der Waals surface area contributed by atoms with Crippen LogP contribution in [0.25, 0.3) is 0 Å². The van der Waals surface area contributed by atoms with Gasteiger partial charge in [-0.15, -0.1) is 0 Å². The SMILES string of the molecule is Cc1ccc(F)c(CNC(=O)N2CCCC[C@H]2CN2CCCC2)c1F. The van der Waals surface area contributed by atoms with Gasteiger partial charge in [0.1, 0.15) is 11.6 Å². The molecule has 1 N–H and O–H groups in total. The van der Waals surface area contributed by atoms with E-state index in [1.54, 1.807) is 6.92 Å². The molecule has 0 saturated carbocycles. The highest BCUT2D eigenvalue weighted by atomic mass is 19.1. The van der Waals surface area contributed by atoms with Crippen molar-refractivity contribution in [3.63, 3.8) is 0 Å². The first kappa shape index (κ1) is 18.1. The highest BCUT2D eigenvalue weighted by Gasteiger charge is 2.29. The molecule has 1 aromatic rings. The number of halogens is 2. The van der Waals surface area contributed by atoms with Gasteiger partial charge in [-0.25, -0.2) is 13.6 Å². The average molecular weight is 351 g/mol. The summed E-state index contributed by atoms with van der Waals surface area (Å²) in [6.45, 7) is 5.29. The van der Waals surface area contributed by atoms with Crippen LogP contribution in [0.1, 0.15) is 43.2 Å². The van der Waals surface area contributed by atoms with Crippen LogP contribution in [0.15, 0.2) is 12.1 Å². The molecule has 6 heteroatoms. The van der Waals surface area contributed by atoms with Crippen molar-refractivity contribution in [1.29, 1.82) is 0 Å². The summed E-state index contributed by atoms with van der Waals surface area (Å²) >= 11 is 0. The topological polar surface area (TPSA) is 35.6 Å². The normalized spacial score (nSPS) is 21.6. The smallest absolute Gasteiger partial charge is 0.317 e. The number of likely N-dealkylation sites (tertiary alicyclic amines) is 2. The predicted molar refractivity (Wildman–Crippen MR) is 93.3 cm³/mol. The lowest BCUT2D eigenvalue weighted by atomic mass is 10.0. The van der Waals surface area contributed by atoms with Gasteiger partial charge in [0.05, 0.1) is 6.54 Å². The highest BCUT2D eigenvalue weighted by molar-refractivity contribution is 5.74. The Kier molecular flexibility index (Phi) is 5.89. The Hall–Kier alpha value is -1.69. The fraction of sp³-hybridized carbons (Fsp3) is 0.632. The fourth-order valence-corrected chi connectivity index (χ4v) is 3.86. The molecular formula is C19H27F2N3O. The number of nitrogens with one attached hydrogen (secondary N) is 1. The lowest BCUT2D eigenvalue weighted by molar-refractivity contribution is 0.127. The molecule has 2 aliphatic rings. The molecule has 0 aliphatic carbocycles. The van der Waals surface area contributed by atoms with Gasteiger partial charge < -0.3 is 15.1 Å². The van der Waals surface area contributed by atoms with Crippen LogP contribution in [0.5, 0.6) is 0 Å². The number of piperidine rings is 1. The number of amides is 2. The zero-order chi connectivity index (χ0) is 17.8. The van der Waals surface area contributed by atoms with E-state index < -0.39 is 11.6 Å². The minimum atomic E-state index is -0.615. The van der Waals surface area contributed by atoms with Crippen molar-refractivity contribution in [2.75, 3.05) is 26.2 Å². The number of hydrogen-bond donors (Lipinski definition) is 1. The largest absolute Gasteiger partial charge is 0.334 e. The molecule has 2 fully saturated rings. The van der Waals surface area contributed by atoms with Crippen molar-refractivity contribution in [2.45, 2.75) is 51.6 Å². The maximum Gasteiger partial charge on any atom is 0.317 e. The zero-order valence-electron chi connectivity index (χ0n) is 14.9. The van der Waals surface area contributed by atoms with Gasteiger partial charge in [-0.05, 0) is 63.7 Å². The summed E-state index contributed by atoms with van der Waals surface area (Å²) < 4.78 is 27.9. The molecule has 2 aliphatic heterocycles. The maximum absolute atomic E-state index is 14.1. The Morgan fingerprint density at radius 2 is 1.88 bits per heavy atom. The number of urea groups is 1. The third-order valence-electron chi connectivity index (χ3n) is 5.35. The highest BCUT2D eigenvalue weighted by Crippen LogP contribution is 2.21. The molecule has 4 nitrogen and oxygen atoms in total. The summed E-state index contributed by atoms with van der Waals surface area (Å²) in [5, 5.41) is 2.72. The van der Waals surface area contributed by atoms with Gasteiger partial charge >= 0.3 is 6.03 Å². The Morgan fingerprint density at radius 3 is 2.64 bits per heavy atom. The summed E-state index contributed by atoms with van der Waals surface area (Å²) in [4.78, 5) is 16.9. The molecule has 2 amide bonds. The third kappa shape index (κ3) is 4.29. The van der Waals surface area contributed by atoms with Crippen LogP contribution in [-0.4, -0.2) is 48.1 Å². The Balaban J connectivity index is 1.61. The first-order valence-corrected chi connectivity index (χ1v) is 9.26. The predicted octanol–water partition coefficient (Wildman–Crippen LogP) is 3.43. The molecule has 0 radical (unpaired) electrons. The van der Waals surface area contributed by atoms with E-state index in [0.29, 0.717) is 12.1 Å². The van der Waals surface area contributed by atoms with E-state index in [4.69, 9.17) is 0 Å². The Bertz CT molecular complexity index is 617. The quantitative estimate of drug-likeness (QED) is 0.902. The van der Waals surface area contributed by atoms with E-state index in [-0.39, 0.29) is 24.2 Å². The van der Waals surface area contributed by atoms with Crippen molar-refractivity contribution in [3.05, 3.63) is 34.9 Å². The molecule has 1 aromatic carbocycles. The molecule has 0 aromatic heterocycles. The first-order valence-electron chi connectivity index (χ1n) is 9.26. The lowest BCUT2D eigenvalue weighted by Gasteiger charge is -2.37. The van der Waals surface area contributed by atoms with Crippen LogP contribution < -0.4 is 5.32 Å². The van der Waals surface area contributed by atoms with Crippen LogP contribution in [0, 0.1) is 18.6 Å². The number of rotatable bonds is 4. The monoisotopic (exact) mass is 351 g/mol. The minimum absolute atomic E-state index is 0.0681. The van der Waals surface area contributed by atoms with Crippen LogP contribution in [0.3, 0.4) is 0 Å². The molecule has 138 valence electrons. The molecule has 2 saturated heterocycles. The zero-order valence-corrected chi connectivity index (χ0v) is 14.9. The van der Waals surface area contributed by atoms with E-state index in [1.807, 2.05) is 4.90 Å². The molecule has 0 unspecified atom stereocenters. The van der Waals surface area contributed by atoms with Gasteiger partial charge in [-0.3, -0.25) is 0 Å². The van der Waals surface area contributed by atoms with Crippen LogP contribution in [-0.2, 0) is 6.54 Å². The number of carbonyl (C=O) groups is 1. The summed E-state index contributed by atoms with van der Waals surface area (Å²) in [7, 11) is 0. The molecule has 1 atom stereocenters. The number of nitrogens with zero attached hydrogens (tertiary/aromatic N) is 2. The van der Waals surface area contributed by atoms with E-state index in [9.17, 15) is 13.6 Å². The van der Waals surface area contributed by atoms with Crippen molar-refractivity contribution < 1.29 is 13.6 Å². The molecule has 0 spiro atoms. The summed E-state index contributed by atoms with van der Waals surface area (Å²) in [6, 6.07) is 2.63. The number of hydrogen-bond acceptors (Lipinski definition) is 2. The molecule has 25 heavy (non-hydrogen) atoms. The second-order valence-electron chi connectivity index (χ2n) is 7.17. The van der Waals surface area contributed by atoms with Crippen molar-refractivity contribution >= 4 is 6.03 Å². The Morgan fingerprint density at radius 1 is 1.16 bits per heavy atom. The van der Waals surface area contributed by atoms with Gasteiger partial charge in [0.2, 0.25) is 0 Å². The first-order chi connectivity index (χ1) is 12.1. The van der Waals surface area contributed by atoms with Gasteiger partial charge in [0.15, 0.2) is 0 Å². The lowest BCUT2D eigenvalue weighted by Crippen LogP contribution is -2.52. The van der Waals surface area contributed by atoms with Gasteiger partial charge in [-0.2, -0.15) is 0 Å². The number of carbonyl (C=O) groups excluding carboxylic acids is 1. The van der Waals surface area contributed by atoms with Gasteiger partial charge in [-0.1, -0.05) is 6.07 Å². The number of benzene rings is 1. The van der Waals surface area contributed by atoms with Crippen LogP contribution >= 0.6 is 0 Å². The van der Waals surface area contributed by atoms with Crippen molar-refractivity contribution in [2.24, 2.45) is 0 Å². The van der Waals surface area contributed by atoms with Crippen molar-refractivity contribution in [1.82, 2.24) is 15.1 Å². The van der Waals surface area contributed by atoms with Gasteiger partial charge in [0, 0.05) is 24.7 Å². The minimum Gasteiger partial charge on any atom is -0.334 e. The van der Waals surface area contributed by atoms with Gasteiger partial charge in [0.25, 0.3) is 0 Å². The van der Waals surface area contributed by atoms with Crippen LogP contribution in [0.4, 0.5) is 13.6 Å². The molecular weight excluding hydrogens is 324 g/mol. The summed E-state index contributed by atoms with van der Waals surface area (Å²) in [5.41, 5.74) is 0.317. The van der Waals surface area contributed by atoms with E-state index in [1.165, 1.54) is 25.0 Å². The third-order valence-corrected chi connectivity index (χ3v) is 5.35. The maximum atomic E-state index is 14.1. The second-order valence-corrected chi connectivity index (χ2v) is 7.17.